The van der Waals surface area contributed by atoms with Gasteiger partial charge in [0.2, 0.25) is 5.91 Å². The second-order valence-corrected chi connectivity index (χ2v) is 5.30. The van der Waals surface area contributed by atoms with E-state index in [-0.39, 0.29) is 35.5 Å². The molecular formula is C10H12N2O4S. The van der Waals surface area contributed by atoms with E-state index in [1.807, 2.05) is 0 Å². The largest absolute Gasteiger partial charge is 0.326 e. The average Bonchev–Trinajstić information content (AvgIpc) is 2.56. The summed E-state index contributed by atoms with van der Waals surface area (Å²) in [5.74, 6) is -0.242. The summed E-state index contributed by atoms with van der Waals surface area (Å²) in [6, 6.07) is 5.49. The van der Waals surface area contributed by atoms with E-state index in [2.05, 4.69) is 0 Å². The van der Waals surface area contributed by atoms with Crippen molar-refractivity contribution in [3.63, 3.8) is 0 Å². The summed E-state index contributed by atoms with van der Waals surface area (Å²) in [6.07, 6.45) is 0.180. The van der Waals surface area contributed by atoms with Crippen molar-refractivity contribution in [2.24, 2.45) is 5.73 Å². The van der Waals surface area contributed by atoms with Gasteiger partial charge in [0.25, 0.3) is 10.1 Å². The van der Waals surface area contributed by atoms with Gasteiger partial charge < -0.3 is 10.6 Å². The van der Waals surface area contributed by atoms with Crippen LogP contribution in [-0.2, 0) is 14.9 Å². The highest BCUT2D eigenvalue weighted by Crippen LogP contribution is 2.28. The Bertz CT molecular complexity index is 555. The third-order valence-electron chi connectivity index (χ3n) is 2.59. The summed E-state index contributed by atoms with van der Waals surface area (Å²) in [5.41, 5.74) is 5.81. The lowest BCUT2D eigenvalue weighted by Gasteiger charge is -2.18. The molecule has 1 unspecified atom stereocenters. The molecule has 1 heterocycles. The standard InChI is InChI=1S/C10H12N2O4S/c11-7-5-10(13)12(6-7)8-3-1-2-4-9(8)17(14,15)16/h1-4,7H,5-6,11H2,(H,14,15,16). The molecule has 1 aliphatic heterocycles. The SMILES string of the molecule is NC1CC(=O)N(c2ccccc2S(=O)(=O)O)C1. The zero-order valence-corrected chi connectivity index (χ0v) is 9.72. The Morgan fingerprint density at radius 1 is 1.35 bits per heavy atom. The maximum atomic E-state index is 11.6. The molecule has 3 N–H and O–H groups in total. The van der Waals surface area contributed by atoms with Crippen LogP contribution in [0.3, 0.4) is 0 Å². The van der Waals surface area contributed by atoms with Crippen LogP contribution in [0, 0.1) is 0 Å². The van der Waals surface area contributed by atoms with Crippen LogP contribution in [0.2, 0.25) is 0 Å². The maximum Gasteiger partial charge on any atom is 0.296 e. The van der Waals surface area contributed by atoms with Crippen molar-refractivity contribution in [1.82, 2.24) is 0 Å². The quantitative estimate of drug-likeness (QED) is 0.725. The van der Waals surface area contributed by atoms with Gasteiger partial charge in [0.15, 0.2) is 0 Å². The monoisotopic (exact) mass is 256 g/mol. The fraction of sp³-hybridized carbons (Fsp3) is 0.300. The maximum absolute atomic E-state index is 11.6. The molecule has 2 rings (SSSR count). The number of hydrogen-bond donors (Lipinski definition) is 2. The van der Waals surface area contributed by atoms with Gasteiger partial charge in [-0.15, -0.1) is 0 Å². The first-order valence-electron chi connectivity index (χ1n) is 5.02. The number of rotatable bonds is 2. The van der Waals surface area contributed by atoms with Crippen molar-refractivity contribution < 1.29 is 17.8 Å². The summed E-state index contributed by atoms with van der Waals surface area (Å²) in [7, 11) is -4.35. The Labute approximate surface area is 98.8 Å². The van der Waals surface area contributed by atoms with Gasteiger partial charge in [0.1, 0.15) is 4.90 Å². The van der Waals surface area contributed by atoms with Crippen LogP contribution >= 0.6 is 0 Å². The summed E-state index contributed by atoms with van der Waals surface area (Å²) in [5, 5.41) is 0. The number of benzene rings is 1. The molecule has 0 spiro atoms. The van der Waals surface area contributed by atoms with Crippen LogP contribution in [0.25, 0.3) is 0 Å². The molecule has 1 amide bonds. The van der Waals surface area contributed by atoms with Crippen LogP contribution in [0.4, 0.5) is 5.69 Å². The molecule has 1 aromatic carbocycles. The van der Waals surface area contributed by atoms with Crippen LogP contribution in [0.15, 0.2) is 29.2 Å². The van der Waals surface area contributed by atoms with Gasteiger partial charge in [-0.1, -0.05) is 12.1 Å². The van der Waals surface area contributed by atoms with E-state index in [1.54, 1.807) is 6.07 Å². The van der Waals surface area contributed by atoms with Crippen molar-refractivity contribution in [3.05, 3.63) is 24.3 Å². The van der Waals surface area contributed by atoms with Crippen LogP contribution in [0.1, 0.15) is 6.42 Å². The van der Waals surface area contributed by atoms with Gasteiger partial charge in [0.05, 0.1) is 5.69 Å². The average molecular weight is 256 g/mol. The molecule has 1 aliphatic rings. The van der Waals surface area contributed by atoms with Crippen molar-refractivity contribution in [1.29, 1.82) is 0 Å². The molecule has 1 fully saturated rings. The minimum atomic E-state index is -4.35. The zero-order chi connectivity index (χ0) is 12.6. The lowest BCUT2D eigenvalue weighted by Crippen LogP contribution is -2.29. The molecular weight excluding hydrogens is 244 g/mol. The topological polar surface area (TPSA) is 101 Å². The lowest BCUT2D eigenvalue weighted by atomic mass is 10.3. The van der Waals surface area contributed by atoms with E-state index < -0.39 is 10.1 Å². The van der Waals surface area contributed by atoms with E-state index in [0.29, 0.717) is 0 Å². The van der Waals surface area contributed by atoms with Gasteiger partial charge in [-0.05, 0) is 12.1 Å². The molecule has 7 heteroatoms. The second kappa shape index (κ2) is 4.10. The summed E-state index contributed by atoms with van der Waals surface area (Å²) < 4.78 is 31.5. The number of carbonyl (C=O) groups is 1. The third-order valence-corrected chi connectivity index (χ3v) is 3.49. The van der Waals surface area contributed by atoms with E-state index >= 15 is 0 Å². The number of carbonyl (C=O) groups excluding carboxylic acids is 1. The highest BCUT2D eigenvalue weighted by Gasteiger charge is 2.31. The molecule has 92 valence electrons. The normalized spacial score (nSPS) is 20.9. The number of amides is 1. The zero-order valence-electron chi connectivity index (χ0n) is 8.91. The first kappa shape index (κ1) is 12.0. The van der Waals surface area contributed by atoms with E-state index in [1.165, 1.54) is 23.1 Å². The van der Waals surface area contributed by atoms with Crippen LogP contribution in [-0.4, -0.2) is 31.5 Å². The van der Waals surface area contributed by atoms with Crippen LogP contribution in [0.5, 0.6) is 0 Å². The molecule has 1 atom stereocenters. The summed E-state index contributed by atoms with van der Waals surface area (Å²) in [6.45, 7) is 0.255. The van der Waals surface area contributed by atoms with Crippen molar-refractivity contribution in [2.75, 3.05) is 11.4 Å². The fourth-order valence-corrected chi connectivity index (χ4v) is 2.56. The van der Waals surface area contributed by atoms with Crippen LogP contribution < -0.4 is 10.6 Å². The molecule has 1 saturated heterocycles. The molecule has 1 aromatic rings. The Morgan fingerprint density at radius 2 is 2.00 bits per heavy atom. The summed E-state index contributed by atoms with van der Waals surface area (Å²) >= 11 is 0. The lowest BCUT2D eigenvalue weighted by molar-refractivity contribution is -0.117. The fourth-order valence-electron chi connectivity index (χ4n) is 1.87. The van der Waals surface area contributed by atoms with Crippen molar-refractivity contribution in [2.45, 2.75) is 17.4 Å². The highest BCUT2D eigenvalue weighted by atomic mass is 32.2. The Kier molecular flexibility index (Phi) is 2.90. The predicted octanol–water partition coefficient (Wildman–Crippen LogP) is -0.00270. The first-order chi connectivity index (χ1) is 7.89. The first-order valence-corrected chi connectivity index (χ1v) is 6.46. The van der Waals surface area contributed by atoms with E-state index in [4.69, 9.17) is 10.3 Å². The summed E-state index contributed by atoms with van der Waals surface area (Å²) in [4.78, 5) is 12.6. The van der Waals surface area contributed by atoms with Gasteiger partial charge in [-0.2, -0.15) is 8.42 Å². The van der Waals surface area contributed by atoms with Crippen molar-refractivity contribution in [3.8, 4) is 0 Å². The molecule has 0 radical (unpaired) electrons. The number of anilines is 1. The molecule has 0 aliphatic carbocycles. The Hall–Kier alpha value is -1.44. The van der Waals surface area contributed by atoms with Crippen molar-refractivity contribution >= 4 is 21.7 Å². The minimum absolute atomic E-state index is 0.174. The third kappa shape index (κ3) is 2.31. The number of nitrogens with zero attached hydrogens (tertiary/aromatic N) is 1. The predicted molar refractivity (Wildman–Crippen MR) is 61.2 cm³/mol. The number of para-hydroxylation sites is 1. The second-order valence-electron chi connectivity index (χ2n) is 3.91. The van der Waals surface area contributed by atoms with E-state index in [9.17, 15) is 13.2 Å². The highest BCUT2D eigenvalue weighted by molar-refractivity contribution is 7.86. The Morgan fingerprint density at radius 3 is 2.53 bits per heavy atom. The van der Waals surface area contributed by atoms with Gasteiger partial charge in [0, 0.05) is 19.0 Å². The smallest absolute Gasteiger partial charge is 0.296 e. The molecule has 0 saturated carbocycles. The minimum Gasteiger partial charge on any atom is -0.326 e. The molecule has 0 aromatic heterocycles. The number of nitrogens with two attached hydrogens (primary N) is 1. The van der Waals surface area contributed by atoms with Gasteiger partial charge in [-0.3, -0.25) is 9.35 Å². The molecule has 0 bridgehead atoms. The Balaban J connectivity index is 2.50. The molecule has 17 heavy (non-hydrogen) atoms. The van der Waals surface area contributed by atoms with E-state index in [0.717, 1.165) is 0 Å². The molecule has 6 nitrogen and oxygen atoms in total. The van der Waals surface area contributed by atoms with Gasteiger partial charge >= 0.3 is 0 Å². The number of hydrogen-bond acceptors (Lipinski definition) is 4. The van der Waals surface area contributed by atoms with Gasteiger partial charge in [-0.25, -0.2) is 0 Å².